The van der Waals surface area contributed by atoms with Gasteiger partial charge in [-0.2, -0.15) is 13.2 Å². The number of primary amides is 1. The molecular weight excluding hydrogens is 275 g/mol. The van der Waals surface area contributed by atoms with Gasteiger partial charge < -0.3 is 20.3 Å². The first-order chi connectivity index (χ1) is 8.60. The van der Waals surface area contributed by atoms with Crippen molar-refractivity contribution in [3.8, 4) is 0 Å². The lowest BCUT2D eigenvalue weighted by atomic mass is 9.88. The molecule has 10 heteroatoms. The normalized spacial score (nSPS) is 33.3. The number of alkyl halides is 3. The van der Waals surface area contributed by atoms with Gasteiger partial charge in [0.2, 0.25) is 5.60 Å². The van der Waals surface area contributed by atoms with Gasteiger partial charge in [-0.25, -0.2) is 4.79 Å². The Morgan fingerprint density at radius 2 is 2.05 bits per heavy atom. The number of fused-ring (bicyclic) bond motifs is 1. The SMILES string of the molecule is NC(=O)C12OC1C(=O)C=C(OC(=O)C(F)(F)F)C2O. The average molecular weight is 281 g/mol. The summed E-state index contributed by atoms with van der Waals surface area (Å²) in [5.41, 5.74) is 2.75. The van der Waals surface area contributed by atoms with Crippen LogP contribution in [0.3, 0.4) is 0 Å². The number of hydrogen-bond acceptors (Lipinski definition) is 6. The molecule has 0 saturated carbocycles. The zero-order chi connectivity index (χ0) is 14.6. The molecule has 19 heavy (non-hydrogen) atoms. The standard InChI is InChI=1S/C9H6F3NO6/c10-9(11,12)7(17)18-3-1-2(14)5-8(19-5,4(3)15)6(13)16/h1,4-5,15H,(H2,13,16). The number of ketones is 1. The number of halogens is 3. The van der Waals surface area contributed by atoms with Crippen molar-refractivity contribution in [3.63, 3.8) is 0 Å². The largest absolute Gasteiger partial charge is 0.491 e. The molecule has 0 aromatic carbocycles. The molecule has 7 nitrogen and oxygen atoms in total. The van der Waals surface area contributed by atoms with E-state index in [1.807, 2.05) is 0 Å². The summed E-state index contributed by atoms with van der Waals surface area (Å²) in [6, 6.07) is 0. The van der Waals surface area contributed by atoms with Gasteiger partial charge in [-0.15, -0.1) is 0 Å². The number of nitrogens with two attached hydrogens (primary N) is 1. The smallest absolute Gasteiger partial charge is 0.421 e. The van der Waals surface area contributed by atoms with E-state index in [4.69, 9.17) is 5.73 Å². The monoisotopic (exact) mass is 281 g/mol. The van der Waals surface area contributed by atoms with E-state index in [2.05, 4.69) is 9.47 Å². The topological polar surface area (TPSA) is 119 Å². The molecule has 1 fully saturated rings. The molecule has 0 bridgehead atoms. The predicted octanol–water partition coefficient (Wildman–Crippen LogP) is -1.46. The first kappa shape index (κ1) is 13.5. The van der Waals surface area contributed by atoms with Crippen molar-refractivity contribution in [3.05, 3.63) is 11.8 Å². The van der Waals surface area contributed by atoms with Crippen LogP contribution in [0.15, 0.2) is 11.8 Å². The quantitative estimate of drug-likeness (QED) is 0.471. The minimum absolute atomic E-state index is 0.465. The van der Waals surface area contributed by atoms with Crippen molar-refractivity contribution < 1.29 is 42.1 Å². The van der Waals surface area contributed by atoms with Crippen molar-refractivity contribution in [1.82, 2.24) is 0 Å². The summed E-state index contributed by atoms with van der Waals surface area (Å²) in [4.78, 5) is 33.0. The van der Waals surface area contributed by atoms with Crippen LogP contribution >= 0.6 is 0 Å². The van der Waals surface area contributed by atoms with Crippen LogP contribution in [-0.4, -0.2) is 46.8 Å². The third-order valence-electron chi connectivity index (χ3n) is 2.69. The molecule has 0 aromatic rings. The Morgan fingerprint density at radius 1 is 1.47 bits per heavy atom. The first-order valence-electron chi connectivity index (χ1n) is 4.81. The van der Waals surface area contributed by atoms with Gasteiger partial charge in [0, 0.05) is 6.08 Å². The van der Waals surface area contributed by atoms with Gasteiger partial charge in [0.15, 0.2) is 18.0 Å². The van der Waals surface area contributed by atoms with Gasteiger partial charge in [0.05, 0.1) is 0 Å². The molecule has 1 amide bonds. The number of carbonyl (C=O) groups excluding carboxylic acids is 3. The second-order valence-electron chi connectivity index (χ2n) is 3.89. The highest BCUT2D eigenvalue weighted by molar-refractivity contribution is 6.07. The Bertz CT molecular complexity index is 513. The van der Waals surface area contributed by atoms with Crippen molar-refractivity contribution >= 4 is 17.7 Å². The number of hydrogen-bond donors (Lipinski definition) is 2. The maximum absolute atomic E-state index is 12.0. The first-order valence-corrected chi connectivity index (χ1v) is 4.81. The number of aliphatic hydroxyl groups excluding tert-OH is 1. The fourth-order valence-corrected chi connectivity index (χ4v) is 1.72. The second kappa shape index (κ2) is 3.78. The highest BCUT2D eigenvalue weighted by Crippen LogP contribution is 2.46. The number of amides is 1. The van der Waals surface area contributed by atoms with Gasteiger partial charge in [0.1, 0.15) is 5.76 Å². The Morgan fingerprint density at radius 3 is 2.53 bits per heavy atom. The molecule has 0 aromatic heterocycles. The molecule has 1 aliphatic heterocycles. The lowest BCUT2D eigenvalue weighted by Crippen LogP contribution is -2.50. The fraction of sp³-hybridized carbons (Fsp3) is 0.444. The van der Waals surface area contributed by atoms with Crippen LogP contribution in [0.1, 0.15) is 0 Å². The van der Waals surface area contributed by atoms with Crippen LogP contribution < -0.4 is 5.73 Å². The van der Waals surface area contributed by atoms with Gasteiger partial charge in [-0.3, -0.25) is 9.59 Å². The van der Waals surface area contributed by atoms with E-state index < -0.39 is 47.4 Å². The van der Waals surface area contributed by atoms with E-state index in [9.17, 15) is 32.7 Å². The van der Waals surface area contributed by atoms with Crippen LogP contribution in [0.2, 0.25) is 0 Å². The van der Waals surface area contributed by atoms with Gasteiger partial charge in [-0.05, 0) is 0 Å². The molecule has 2 rings (SSSR count). The van der Waals surface area contributed by atoms with E-state index >= 15 is 0 Å². The lowest BCUT2D eigenvalue weighted by Gasteiger charge is -2.22. The Hall–Kier alpha value is -1.94. The van der Waals surface area contributed by atoms with Crippen LogP contribution in [-0.2, 0) is 23.9 Å². The van der Waals surface area contributed by atoms with E-state index in [0.717, 1.165) is 0 Å². The van der Waals surface area contributed by atoms with Crippen LogP contribution in [0.25, 0.3) is 0 Å². The summed E-state index contributed by atoms with van der Waals surface area (Å²) in [5, 5.41) is 9.64. The zero-order valence-corrected chi connectivity index (χ0v) is 8.93. The number of aliphatic hydroxyl groups is 1. The summed E-state index contributed by atoms with van der Waals surface area (Å²) in [6.45, 7) is 0. The molecule has 3 atom stereocenters. The zero-order valence-electron chi connectivity index (χ0n) is 8.93. The number of carbonyl (C=O) groups is 3. The van der Waals surface area contributed by atoms with Crippen molar-refractivity contribution in [2.24, 2.45) is 5.73 Å². The second-order valence-corrected chi connectivity index (χ2v) is 3.89. The predicted molar refractivity (Wildman–Crippen MR) is 48.0 cm³/mol. The molecule has 2 aliphatic rings. The average Bonchev–Trinajstić information content (AvgIpc) is 3.01. The third-order valence-corrected chi connectivity index (χ3v) is 2.69. The summed E-state index contributed by atoms with van der Waals surface area (Å²) < 4.78 is 44.5. The van der Waals surface area contributed by atoms with Crippen LogP contribution in [0.5, 0.6) is 0 Å². The number of esters is 1. The minimum Gasteiger partial charge on any atom is -0.421 e. The van der Waals surface area contributed by atoms with E-state index in [1.165, 1.54) is 0 Å². The van der Waals surface area contributed by atoms with E-state index in [-0.39, 0.29) is 0 Å². The summed E-state index contributed by atoms with van der Waals surface area (Å²) in [5.74, 6) is -5.83. The molecule has 104 valence electrons. The van der Waals surface area contributed by atoms with E-state index in [0.29, 0.717) is 6.08 Å². The highest BCUT2D eigenvalue weighted by atomic mass is 19.4. The van der Waals surface area contributed by atoms with Crippen molar-refractivity contribution in [2.45, 2.75) is 24.0 Å². The molecule has 3 unspecified atom stereocenters. The minimum atomic E-state index is -5.31. The Balaban J connectivity index is 2.26. The number of ether oxygens (including phenoxy) is 2. The van der Waals surface area contributed by atoms with Gasteiger partial charge in [-0.1, -0.05) is 0 Å². The molecule has 1 aliphatic carbocycles. The fourth-order valence-electron chi connectivity index (χ4n) is 1.72. The maximum Gasteiger partial charge on any atom is 0.491 e. The Kier molecular flexibility index (Phi) is 2.68. The van der Waals surface area contributed by atoms with Gasteiger partial charge in [0.25, 0.3) is 5.91 Å². The molecule has 1 saturated heterocycles. The number of epoxide rings is 1. The van der Waals surface area contributed by atoms with Gasteiger partial charge >= 0.3 is 12.1 Å². The summed E-state index contributed by atoms with van der Waals surface area (Å²) in [7, 11) is 0. The van der Waals surface area contributed by atoms with Crippen LogP contribution in [0, 0.1) is 0 Å². The van der Waals surface area contributed by atoms with Crippen LogP contribution in [0.4, 0.5) is 13.2 Å². The van der Waals surface area contributed by atoms with E-state index in [1.54, 1.807) is 0 Å². The molecule has 0 radical (unpaired) electrons. The van der Waals surface area contributed by atoms with Crippen molar-refractivity contribution in [1.29, 1.82) is 0 Å². The molecular formula is C9H6F3NO6. The molecule has 3 N–H and O–H groups in total. The molecule has 0 spiro atoms. The highest BCUT2D eigenvalue weighted by Gasteiger charge is 2.72. The lowest BCUT2D eigenvalue weighted by molar-refractivity contribution is -0.197. The number of rotatable bonds is 2. The maximum atomic E-state index is 12.0. The summed E-state index contributed by atoms with van der Waals surface area (Å²) >= 11 is 0. The molecule has 1 heterocycles. The van der Waals surface area contributed by atoms with Crippen molar-refractivity contribution in [2.75, 3.05) is 0 Å². The third kappa shape index (κ3) is 1.88. The summed E-state index contributed by atoms with van der Waals surface area (Å²) in [6.07, 6.45) is -8.27. The Labute approximate surface area is 102 Å².